The number of thioether (sulfide) groups is 1. The van der Waals surface area contributed by atoms with Crippen LogP contribution < -0.4 is 9.64 Å². The van der Waals surface area contributed by atoms with Crippen LogP contribution in [0.15, 0.2) is 74.5 Å². The van der Waals surface area contributed by atoms with E-state index in [1.807, 2.05) is 12.1 Å². The second kappa shape index (κ2) is 10.1. The highest BCUT2D eigenvalue weighted by atomic mass is 79.9. The normalized spacial score (nSPS) is 15.0. The van der Waals surface area contributed by atoms with Crippen LogP contribution in [0.3, 0.4) is 0 Å². The lowest BCUT2D eigenvalue weighted by Crippen LogP contribution is -2.27. The Morgan fingerprint density at radius 2 is 1.81 bits per heavy atom. The summed E-state index contributed by atoms with van der Waals surface area (Å²) in [5.41, 5.74) is 1.86. The largest absolute Gasteiger partial charge is 0.486 e. The van der Waals surface area contributed by atoms with Gasteiger partial charge in [-0.2, -0.15) is 0 Å². The Morgan fingerprint density at radius 1 is 1.09 bits per heavy atom. The van der Waals surface area contributed by atoms with E-state index in [0.717, 1.165) is 5.56 Å². The first-order chi connectivity index (χ1) is 15.3. The van der Waals surface area contributed by atoms with Crippen molar-refractivity contribution in [3.05, 3.63) is 96.5 Å². The van der Waals surface area contributed by atoms with Crippen molar-refractivity contribution in [3.8, 4) is 5.75 Å². The van der Waals surface area contributed by atoms with Gasteiger partial charge in [0.25, 0.3) is 5.91 Å². The van der Waals surface area contributed by atoms with Crippen molar-refractivity contribution in [2.45, 2.75) is 6.61 Å². The van der Waals surface area contributed by atoms with Gasteiger partial charge in [0.2, 0.25) is 0 Å². The van der Waals surface area contributed by atoms with E-state index < -0.39 is 0 Å². The van der Waals surface area contributed by atoms with Crippen LogP contribution in [-0.4, -0.2) is 10.2 Å². The van der Waals surface area contributed by atoms with Gasteiger partial charge >= 0.3 is 0 Å². The third-order valence-corrected chi connectivity index (χ3v) is 7.22. The first-order valence-electron chi connectivity index (χ1n) is 9.22. The Labute approximate surface area is 215 Å². The maximum absolute atomic E-state index is 13.9. The second-order valence-electron chi connectivity index (χ2n) is 6.69. The van der Waals surface area contributed by atoms with Crippen LogP contribution in [0.5, 0.6) is 5.75 Å². The smallest absolute Gasteiger partial charge is 0.270 e. The molecule has 9 heteroatoms. The van der Waals surface area contributed by atoms with E-state index in [4.69, 9.17) is 28.6 Å². The lowest BCUT2D eigenvalue weighted by molar-refractivity contribution is -0.113. The molecule has 3 aromatic rings. The highest BCUT2D eigenvalue weighted by Gasteiger charge is 2.33. The molecule has 32 heavy (non-hydrogen) atoms. The number of carbonyl (C=O) groups excluding carboxylic acids is 1. The van der Waals surface area contributed by atoms with Crippen molar-refractivity contribution in [2.24, 2.45) is 0 Å². The van der Waals surface area contributed by atoms with Crippen molar-refractivity contribution in [2.75, 3.05) is 4.90 Å². The zero-order valence-corrected chi connectivity index (χ0v) is 21.7. The van der Waals surface area contributed by atoms with Crippen LogP contribution in [0.25, 0.3) is 6.08 Å². The van der Waals surface area contributed by atoms with Gasteiger partial charge in [-0.3, -0.25) is 9.69 Å². The molecule has 162 valence electrons. The fraction of sp³-hybridized carbons (Fsp3) is 0.0435. The zero-order chi connectivity index (χ0) is 22.8. The number of carbonyl (C=O) groups is 1. The number of hydrogen-bond donors (Lipinski definition) is 0. The van der Waals surface area contributed by atoms with Gasteiger partial charge in [-0.15, -0.1) is 0 Å². The van der Waals surface area contributed by atoms with Crippen molar-refractivity contribution >= 4 is 89.4 Å². The standard InChI is InChI=1S/C23H13Br2ClFNO2S2/c24-17-8-13(9-18(25)21(17)30-12-14-4-1-2-7-19(14)27)10-20-22(29)28(23(31)32-20)16-6-3-5-15(26)11-16/h1-11H,12H2/b20-10+. The Balaban J connectivity index is 1.56. The van der Waals surface area contributed by atoms with Gasteiger partial charge in [0.05, 0.1) is 19.5 Å². The number of nitrogens with zero attached hydrogens (tertiary/aromatic N) is 1. The van der Waals surface area contributed by atoms with Gasteiger partial charge in [-0.1, -0.05) is 59.8 Å². The van der Waals surface area contributed by atoms with Crippen molar-refractivity contribution in [1.29, 1.82) is 0 Å². The van der Waals surface area contributed by atoms with Crippen molar-refractivity contribution in [1.82, 2.24) is 0 Å². The Kier molecular flexibility index (Phi) is 7.37. The van der Waals surface area contributed by atoms with E-state index in [2.05, 4.69) is 31.9 Å². The highest BCUT2D eigenvalue weighted by molar-refractivity contribution is 9.11. The van der Waals surface area contributed by atoms with E-state index in [-0.39, 0.29) is 18.3 Å². The average molecular weight is 614 g/mol. The van der Waals surface area contributed by atoms with Gasteiger partial charge < -0.3 is 4.74 Å². The number of halogens is 4. The topological polar surface area (TPSA) is 29.5 Å². The summed E-state index contributed by atoms with van der Waals surface area (Å²) in [5, 5.41) is 0.527. The Bertz CT molecular complexity index is 1250. The molecular weight excluding hydrogens is 601 g/mol. The molecule has 1 saturated heterocycles. The molecule has 1 aliphatic rings. The SMILES string of the molecule is O=C1/C(=C\c2cc(Br)c(OCc3ccccc3F)c(Br)c2)SC(=S)N1c1cccc(Cl)c1. The molecule has 0 spiro atoms. The summed E-state index contributed by atoms with van der Waals surface area (Å²) in [5.74, 6) is 0.00404. The first kappa shape index (κ1) is 23.4. The zero-order valence-electron chi connectivity index (χ0n) is 16.2. The molecule has 1 amide bonds. The molecule has 1 aliphatic heterocycles. The summed E-state index contributed by atoms with van der Waals surface area (Å²) in [4.78, 5) is 14.9. The van der Waals surface area contributed by atoms with Gasteiger partial charge in [0.15, 0.2) is 4.32 Å². The molecule has 3 aromatic carbocycles. The summed E-state index contributed by atoms with van der Waals surface area (Å²) >= 11 is 19.7. The number of thiocarbonyl (C=S) groups is 1. The number of ether oxygens (including phenoxy) is 1. The third-order valence-electron chi connectivity index (χ3n) is 4.51. The summed E-state index contributed by atoms with van der Waals surface area (Å²) in [6, 6.07) is 17.1. The van der Waals surface area contributed by atoms with E-state index in [1.165, 1.54) is 22.7 Å². The molecule has 3 nitrogen and oxygen atoms in total. The lowest BCUT2D eigenvalue weighted by Gasteiger charge is -2.14. The Morgan fingerprint density at radius 3 is 2.50 bits per heavy atom. The lowest BCUT2D eigenvalue weighted by atomic mass is 10.2. The molecule has 4 rings (SSSR count). The van der Waals surface area contributed by atoms with Crippen molar-refractivity contribution in [3.63, 3.8) is 0 Å². The molecule has 0 bridgehead atoms. The summed E-state index contributed by atoms with van der Waals surface area (Å²) in [6.45, 7) is 0.0848. The number of anilines is 1. The molecule has 0 unspecified atom stereocenters. The quantitative estimate of drug-likeness (QED) is 0.216. The first-order valence-corrected chi connectivity index (χ1v) is 12.4. The van der Waals surface area contributed by atoms with Gasteiger partial charge in [0, 0.05) is 10.6 Å². The molecule has 0 saturated carbocycles. The van der Waals surface area contributed by atoms with Crippen LogP contribution >= 0.6 is 67.4 Å². The summed E-state index contributed by atoms with van der Waals surface area (Å²) in [6.07, 6.45) is 1.76. The number of rotatable bonds is 5. The molecule has 0 N–H and O–H groups in total. The number of hydrogen-bond acceptors (Lipinski definition) is 4. The molecule has 0 radical (unpaired) electrons. The number of benzene rings is 3. The fourth-order valence-electron chi connectivity index (χ4n) is 3.02. The maximum Gasteiger partial charge on any atom is 0.270 e. The van der Waals surface area contributed by atoms with Gasteiger partial charge in [-0.25, -0.2) is 4.39 Å². The maximum atomic E-state index is 13.9. The predicted octanol–water partition coefficient (Wildman–Crippen LogP) is 7.99. The summed E-state index contributed by atoms with van der Waals surface area (Å²) in [7, 11) is 0. The minimum atomic E-state index is -0.321. The average Bonchev–Trinajstić information content (AvgIpc) is 3.01. The minimum absolute atomic E-state index is 0.0848. The second-order valence-corrected chi connectivity index (χ2v) is 10.5. The van der Waals surface area contributed by atoms with Crippen LogP contribution in [-0.2, 0) is 11.4 Å². The predicted molar refractivity (Wildman–Crippen MR) is 140 cm³/mol. The Hall–Kier alpha value is -1.71. The highest BCUT2D eigenvalue weighted by Crippen LogP contribution is 2.39. The molecule has 0 aromatic heterocycles. The monoisotopic (exact) mass is 611 g/mol. The van der Waals surface area contributed by atoms with Crippen LogP contribution in [0.4, 0.5) is 10.1 Å². The third kappa shape index (κ3) is 5.10. The van der Waals surface area contributed by atoms with Crippen LogP contribution in [0.2, 0.25) is 5.02 Å². The molecule has 1 heterocycles. The van der Waals surface area contributed by atoms with Crippen molar-refractivity contribution < 1.29 is 13.9 Å². The van der Waals surface area contributed by atoms with E-state index in [9.17, 15) is 9.18 Å². The molecular formula is C23H13Br2ClFNO2S2. The van der Waals surface area contributed by atoms with Crippen LogP contribution in [0.1, 0.15) is 11.1 Å². The fourth-order valence-corrected chi connectivity index (χ4v) is 5.96. The molecule has 1 fully saturated rings. The molecule has 0 aliphatic carbocycles. The van der Waals surface area contributed by atoms with Gasteiger partial charge in [-0.05, 0) is 79.9 Å². The van der Waals surface area contributed by atoms with E-state index in [1.54, 1.807) is 48.5 Å². The molecule has 0 atom stereocenters. The van der Waals surface area contributed by atoms with E-state index >= 15 is 0 Å². The number of amides is 1. The van der Waals surface area contributed by atoms with E-state index in [0.29, 0.717) is 40.2 Å². The van der Waals surface area contributed by atoms with Crippen LogP contribution in [0, 0.1) is 5.82 Å². The minimum Gasteiger partial charge on any atom is -0.486 e. The van der Waals surface area contributed by atoms with Gasteiger partial charge in [0.1, 0.15) is 18.2 Å². The summed E-state index contributed by atoms with van der Waals surface area (Å²) < 4.78 is 21.4.